The molecule has 1 unspecified atom stereocenters. The Labute approximate surface area is 167 Å². The van der Waals surface area contributed by atoms with E-state index in [4.69, 9.17) is 4.74 Å². The lowest BCUT2D eigenvalue weighted by Gasteiger charge is -2.29. The number of anilines is 1. The number of ether oxygens (including phenoxy) is 1. The first kappa shape index (κ1) is 21.9. The highest BCUT2D eigenvalue weighted by atomic mass is 32.2. The fraction of sp³-hybridized carbons (Fsp3) is 0.733. The molecule has 1 fully saturated rings. The summed E-state index contributed by atoms with van der Waals surface area (Å²) in [6.45, 7) is 6.46. The second-order valence-electron chi connectivity index (χ2n) is 6.50. The van der Waals surface area contributed by atoms with Crippen molar-refractivity contribution in [3.8, 4) is 0 Å². The lowest BCUT2D eigenvalue weighted by atomic mass is 10.1. The molecule has 27 heavy (non-hydrogen) atoms. The predicted molar refractivity (Wildman–Crippen MR) is 105 cm³/mol. The molecule has 1 aromatic heterocycles. The molecule has 0 aliphatic carbocycles. The number of rotatable bonds is 8. The minimum Gasteiger partial charge on any atom is -0.450 e. The molecule has 2 rings (SSSR count). The van der Waals surface area contributed by atoms with Gasteiger partial charge >= 0.3 is 6.09 Å². The van der Waals surface area contributed by atoms with Gasteiger partial charge in [0, 0.05) is 12.6 Å². The van der Waals surface area contributed by atoms with Crippen molar-refractivity contribution in [1.29, 1.82) is 0 Å². The molecule has 1 aliphatic rings. The van der Waals surface area contributed by atoms with Crippen molar-refractivity contribution >= 4 is 50.1 Å². The SMILES string of the molecule is CCOC(=O)Nc1nnc(SCC(=O)N(CC(C)C)C2CCS(=O)(=O)C2)s1. The van der Waals surface area contributed by atoms with E-state index in [-0.39, 0.29) is 41.7 Å². The van der Waals surface area contributed by atoms with Gasteiger partial charge in [-0.05, 0) is 19.3 Å². The molecule has 0 saturated carbocycles. The molecule has 12 heteroatoms. The van der Waals surface area contributed by atoms with Gasteiger partial charge in [0.2, 0.25) is 11.0 Å². The molecule has 0 bridgehead atoms. The number of nitrogens with zero attached hydrogens (tertiary/aromatic N) is 3. The minimum atomic E-state index is -3.06. The molecule has 1 aromatic rings. The molecule has 0 radical (unpaired) electrons. The van der Waals surface area contributed by atoms with Crippen LogP contribution in [0.1, 0.15) is 27.2 Å². The number of nitrogens with one attached hydrogen (secondary N) is 1. The third kappa shape index (κ3) is 6.92. The lowest BCUT2D eigenvalue weighted by Crippen LogP contribution is -2.44. The largest absolute Gasteiger partial charge is 0.450 e. The summed E-state index contributed by atoms with van der Waals surface area (Å²) in [5, 5.41) is 10.5. The summed E-state index contributed by atoms with van der Waals surface area (Å²) in [6, 6.07) is -0.263. The van der Waals surface area contributed by atoms with Gasteiger partial charge in [-0.15, -0.1) is 10.2 Å². The van der Waals surface area contributed by atoms with Crippen molar-refractivity contribution in [2.24, 2.45) is 5.92 Å². The van der Waals surface area contributed by atoms with E-state index in [0.717, 1.165) is 11.3 Å². The van der Waals surface area contributed by atoms with Crippen LogP contribution < -0.4 is 5.32 Å². The van der Waals surface area contributed by atoms with E-state index in [0.29, 0.717) is 22.4 Å². The zero-order valence-corrected chi connectivity index (χ0v) is 18.0. The maximum absolute atomic E-state index is 12.7. The molecule has 9 nitrogen and oxygen atoms in total. The highest BCUT2D eigenvalue weighted by Gasteiger charge is 2.34. The average Bonchev–Trinajstić information content (AvgIpc) is 3.16. The minimum absolute atomic E-state index is 0.0303. The molecule has 1 N–H and O–H groups in total. The first-order chi connectivity index (χ1) is 12.7. The van der Waals surface area contributed by atoms with Gasteiger partial charge in [-0.3, -0.25) is 10.1 Å². The standard InChI is InChI=1S/C15H24N4O5S3/c1-4-24-14(21)16-13-17-18-15(26-13)25-8-12(20)19(7-10(2)3)11-5-6-27(22,23)9-11/h10-11H,4-9H2,1-3H3,(H,16,17,21). The summed E-state index contributed by atoms with van der Waals surface area (Å²) < 4.78 is 28.8. The van der Waals surface area contributed by atoms with Crippen LogP contribution in [0.2, 0.25) is 0 Å². The summed E-state index contributed by atoms with van der Waals surface area (Å²) in [5.74, 6) is 0.418. The van der Waals surface area contributed by atoms with Crippen LogP contribution in [0.3, 0.4) is 0 Å². The van der Waals surface area contributed by atoms with Crippen LogP contribution >= 0.6 is 23.1 Å². The average molecular weight is 437 g/mol. The van der Waals surface area contributed by atoms with Crippen LogP contribution in [0.25, 0.3) is 0 Å². The fourth-order valence-electron chi connectivity index (χ4n) is 2.65. The van der Waals surface area contributed by atoms with Crippen LogP contribution in [0.4, 0.5) is 9.93 Å². The second-order valence-corrected chi connectivity index (χ2v) is 10.9. The number of hydrogen-bond acceptors (Lipinski definition) is 9. The van der Waals surface area contributed by atoms with E-state index in [2.05, 4.69) is 15.5 Å². The Morgan fingerprint density at radius 2 is 2.15 bits per heavy atom. The van der Waals surface area contributed by atoms with E-state index in [1.165, 1.54) is 11.8 Å². The van der Waals surface area contributed by atoms with Gasteiger partial charge in [0.1, 0.15) is 0 Å². The number of amides is 2. The predicted octanol–water partition coefficient (Wildman–Crippen LogP) is 1.87. The van der Waals surface area contributed by atoms with E-state index in [1.54, 1.807) is 11.8 Å². The molecule has 1 saturated heterocycles. The zero-order chi connectivity index (χ0) is 20.0. The number of carbonyl (C=O) groups is 2. The maximum Gasteiger partial charge on any atom is 0.413 e. The van der Waals surface area contributed by atoms with E-state index in [1.807, 2.05) is 13.8 Å². The van der Waals surface area contributed by atoms with Gasteiger partial charge in [-0.2, -0.15) is 0 Å². The van der Waals surface area contributed by atoms with E-state index < -0.39 is 15.9 Å². The Hall–Kier alpha value is -1.40. The molecule has 1 atom stereocenters. The van der Waals surface area contributed by atoms with Crippen molar-refractivity contribution in [3.05, 3.63) is 0 Å². The Morgan fingerprint density at radius 3 is 2.74 bits per heavy atom. The molecule has 2 amide bonds. The lowest BCUT2D eigenvalue weighted by molar-refractivity contribution is -0.130. The van der Waals surface area contributed by atoms with Crippen LogP contribution in [0.5, 0.6) is 0 Å². The molecule has 0 spiro atoms. The highest BCUT2D eigenvalue weighted by molar-refractivity contribution is 8.01. The topological polar surface area (TPSA) is 119 Å². The van der Waals surface area contributed by atoms with Crippen LogP contribution in [-0.2, 0) is 19.4 Å². The molecular weight excluding hydrogens is 412 g/mol. The molecule has 1 aliphatic heterocycles. The summed E-state index contributed by atoms with van der Waals surface area (Å²) in [7, 11) is -3.06. The number of sulfone groups is 1. The molecule has 152 valence electrons. The van der Waals surface area contributed by atoms with E-state index >= 15 is 0 Å². The van der Waals surface area contributed by atoms with Crippen molar-refractivity contribution in [3.63, 3.8) is 0 Å². The Kier molecular flexibility index (Phi) is 7.86. The third-order valence-electron chi connectivity index (χ3n) is 3.74. The van der Waals surface area contributed by atoms with Crippen molar-refractivity contribution < 1.29 is 22.7 Å². The summed E-state index contributed by atoms with van der Waals surface area (Å²) in [5.41, 5.74) is 0. The summed E-state index contributed by atoms with van der Waals surface area (Å²) >= 11 is 2.36. The van der Waals surface area contributed by atoms with Crippen LogP contribution in [-0.4, -0.2) is 72.0 Å². The summed E-state index contributed by atoms with van der Waals surface area (Å²) in [4.78, 5) is 25.7. The number of carbonyl (C=O) groups excluding carboxylic acids is 2. The van der Waals surface area contributed by atoms with Gasteiger partial charge in [0.25, 0.3) is 0 Å². The zero-order valence-electron chi connectivity index (χ0n) is 15.5. The van der Waals surface area contributed by atoms with Gasteiger partial charge in [-0.25, -0.2) is 13.2 Å². The van der Waals surface area contributed by atoms with Gasteiger partial charge in [0.15, 0.2) is 14.2 Å². The van der Waals surface area contributed by atoms with Gasteiger partial charge < -0.3 is 9.64 Å². The van der Waals surface area contributed by atoms with E-state index in [9.17, 15) is 18.0 Å². The molecular formula is C15H24N4O5S3. The van der Waals surface area contributed by atoms with Crippen LogP contribution in [0.15, 0.2) is 4.34 Å². The smallest absolute Gasteiger partial charge is 0.413 e. The first-order valence-corrected chi connectivity index (χ1v) is 12.2. The maximum atomic E-state index is 12.7. The Balaban J connectivity index is 1.93. The third-order valence-corrected chi connectivity index (χ3v) is 7.45. The van der Waals surface area contributed by atoms with Gasteiger partial charge in [0.05, 0.1) is 23.9 Å². The van der Waals surface area contributed by atoms with Crippen molar-refractivity contribution in [1.82, 2.24) is 15.1 Å². The number of hydrogen-bond donors (Lipinski definition) is 1. The quantitative estimate of drug-likeness (QED) is 0.485. The number of aromatic nitrogens is 2. The van der Waals surface area contributed by atoms with Crippen LogP contribution in [0, 0.1) is 5.92 Å². The normalized spacial score (nSPS) is 18.4. The fourth-order valence-corrected chi connectivity index (χ4v) is 6.00. The van der Waals surface area contributed by atoms with Crippen molar-refractivity contribution in [2.45, 2.75) is 37.6 Å². The van der Waals surface area contributed by atoms with Gasteiger partial charge in [-0.1, -0.05) is 36.9 Å². The molecule has 2 heterocycles. The number of thioether (sulfide) groups is 1. The monoisotopic (exact) mass is 436 g/mol. The first-order valence-electron chi connectivity index (χ1n) is 8.60. The molecule has 0 aromatic carbocycles. The highest BCUT2D eigenvalue weighted by Crippen LogP contribution is 2.27. The Bertz CT molecular complexity index is 765. The Morgan fingerprint density at radius 1 is 1.41 bits per heavy atom. The second kappa shape index (κ2) is 9.69. The summed E-state index contributed by atoms with van der Waals surface area (Å²) in [6.07, 6.45) is -0.121. The van der Waals surface area contributed by atoms with Crippen molar-refractivity contribution in [2.75, 3.05) is 35.7 Å².